The van der Waals surface area contributed by atoms with Crippen LogP contribution in [0.3, 0.4) is 0 Å². The van der Waals surface area contributed by atoms with Crippen LogP contribution in [0.4, 0.5) is 0 Å². The summed E-state index contributed by atoms with van der Waals surface area (Å²) in [7, 11) is 0. The Labute approximate surface area is 354 Å². The van der Waals surface area contributed by atoms with Crippen LogP contribution in [0.1, 0.15) is 52.0 Å². The van der Waals surface area contributed by atoms with Crippen molar-refractivity contribution in [2.75, 3.05) is 13.2 Å². The van der Waals surface area contributed by atoms with Crippen molar-refractivity contribution in [3.05, 3.63) is 148 Å². The van der Waals surface area contributed by atoms with E-state index in [0.717, 1.165) is 15.4 Å². The second-order valence-electron chi connectivity index (χ2n) is 14.6. The molecule has 8 rings (SSSR count). The molecular weight excluding hydrogens is 809 g/mol. The van der Waals surface area contributed by atoms with Crippen molar-refractivity contribution in [2.24, 2.45) is 5.11 Å². The lowest BCUT2D eigenvalue weighted by atomic mass is 9.93. The number of rotatable bonds is 13. The van der Waals surface area contributed by atoms with Gasteiger partial charge in [-0.1, -0.05) is 108 Å². The van der Waals surface area contributed by atoms with Crippen LogP contribution >= 0.6 is 11.8 Å². The second kappa shape index (κ2) is 19.0. The molecule has 0 N–H and O–H groups in total. The standard InChI is InChI=1S/C44H42N4O12S/c1-25(49)56-38-34(46-47-45)44(61-29-18-10-5-11-19-29)59-32(36(38)53-22-27-14-6-3-7-15-27)23-55-43-35(48-40(51)30-20-12-13-21-31(30)41(48)52)39(57-26(2)50)37-33(58-43)24-54-42(60-37)28-16-8-4-9-17-28/h3-21,32-39,42-44H,22-24H2,1-2H3/t32-,33-,34-,35-,36-,37-,38-,39-,42?,43-,44-/m1/s1. The number of amides is 2. The van der Waals surface area contributed by atoms with E-state index in [0.29, 0.717) is 5.56 Å². The number of thioether (sulfide) groups is 1. The molecule has 0 aromatic heterocycles. The van der Waals surface area contributed by atoms with Gasteiger partial charge in [0.15, 0.2) is 18.7 Å². The Morgan fingerprint density at radius 3 is 2.02 bits per heavy atom. The van der Waals surface area contributed by atoms with Crippen molar-refractivity contribution in [3.63, 3.8) is 0 Å². The fraction of sp³-hybridized carbons (Fsp3) is 0.364. The first-order chi connectivity index (χ1) is 29.7. The number of fused-ring (bicyclic) bond motifs is 2. The minimum Gasteiger partial charge on any atom is -0.459 e. The summed E-state index contributed by atoms with van der Waals surface area (Å²) < 4.78 is 50.8. The summed E-state index contributed by atoms with van der Waals surface area (Å²) >= 11 is 1.25. The van der Waals surface area contributed by atoms with E-state index in [1.807, 2.05) is 91.0 Å². The molecule has 4 aromatic rings. The zero-order valence-corrected chi connectivity index (χ0v) is 33.9. The summed E-state index contributed by atoms with van der Waals surface area (Å²) in [5, 5.41) is 4.05. The highest BCUT2D eigenvalue weighted by Gasteiger charge is 2.58. The number of carbonyl (C=O) groups is 4. The van der Waals surface area contributed by atoms with Crippen molar-refractivity contribution < 1.29 is 57.1 Å². The fourth-order valence-electron chi connectivity index (χ4n) is 7.98. The number of imide groups is 1. The summed E-state index contributed by atoms with van der Waals surface area (Å²) in [5.74, 6) is -2.63. The van der Waals surface area contributed by atoms with Gasteiger partial charge in [-0.2, -0.15) is 0 Å². The Morgan fingerprint density at radius 2 is 1.38 bits per heavy atom. The molecular formula is C44H42N4O12S. The van der Waals surface area contributed by atoms with Crippen LogP contribution in [0.15, 0.2) is 125 Å². The van der Waals surface area contributed by atoms with E-state index in [1.54, 1.807) is 24.3 Å². The molecule has 0 radical (unpaired) electrons. The highest BCUT2D eigenvalue weighted by atomic mass is 32.2. The van der Waals surface area contributed by atoms with Gasteiger partial charge in [-0.15, -0.1) is 0 Å². The average molecular weight is 851 g/mol. The number of benzene rings is 4. The van der Waals surface area contributed by atoms with E-state index >= 15 is 0 Å². The minimum atomic E-state index is -1.45. The van der Waals surface area contributed by atoms with Gasteiger partial charge in [0.2, 0.25) is 0 Å². The lowest BCUT2D eigenvalue weighted by Gasteiger charge is -2.50. The summed E-state index contributed by atoms with van der Waals surface area (Å²) in [5.41, 5.74) is 10.6. The van der Waals surface area contributed by atoms with Gasteiger partial charge in [0.05, 0.1) is 30.9 Å². The van der Waals surface area contributed by atoms with E-state index in [9.17, 15) is 24.7 Å². The van der Waals surface area contributed by atoms with Crippen LogP contribution in [0.2, 0.25) is 0 Å². The number of carbonyl (C=O) groups excluding carboxylic acids is 4. The molecule has 4 aromatic carbocycles. The first-order valence-electron chi connectivity index (χ1n) is 19.7. The van der Waals surface area contributed by atoms with E-state index < -0.39 is 90.5 Å². The smallest absolute Gasteiger partial charge is 0.303 e. The lowest BCUT2D eigenvalue weighted by Crippen LogP contribution is -2.69. The first-order valence-corrected chi connectivity index (χ1v) is 20.6. The van der Waals surface area contributed by atoms with Crippen molar-refractivity contribution in [3.8, 4) is 0 Å². The highest BCUT2D eigenvalue weighted by Crippen LogP contribution is 2.42. The number of nitrogens with zero attached hydrogens (tertiary/aromatic N) is 4. The Kier molecular flexibility index (Phi) is 13.1. The molecule has 3 saturated heterocycles. The molecule has 1 unspecified atom stereocenters. The maximum Gasteiger partial charge on any atom is 0.303 e. The minimum absolute atomic E-state index is 0.0302. The van der Waals surface area contributed by atoms with Crippen LogP contribution in [-0.2, 0) is 54.1 Å². The van der Waals surface area contributed by atoms with Gasteiger partial charge in [0.25, 0.3) is 11.8 Å². The maximum absolute atomic E-state index is 14.2. The molecule has 0 bridgehead atoms. The van der Waals surface area contributed by atoms with Crippen molar-refractivity contribution in [1.82, 2.24) is 4.90 Å². The van der Waals surface area contributed by atoms with Gasteiger partial charge in [-0.3, -0.25) is 24.1 Å². The van der Waals surface area contributed by atoms with E-state index in [4.69, 9.17) is 37.9 Å². The Hall–Kier alpha value is -5.62. The molecule has 16 nitrogen and oxygen atoms in total. The van der Waals surface area contributed by atoms with Gasteiger partial charge in [0, 0.05) is 29.2 Å². The molecule has 316 valence electrons. The normalized spacial score (nSPS) is 29.5. The molecule has 4 aliphatic rings. The third-order valence-corrected chi connectivity index (χ3v) is 11.8. The molecule has 0 saturated carbocycles. The molecule has 4 aliphatic heterocycles. The number of azide groups is 1. The van der Waals surface area contributed by atoms with Gasteiger partial charge in [-0.05, 0) is 35.4 Å². The molecule has 4 heterocycles. The molecule has 17 heteroatoms. The van der Waals surface area contributed by atoms with Crippen LogP contribution in [0.25, 0.3) is 10.4 Å². The van der Waals surface area contributed by atoms with E-state index in [1.165, 1.54) is 25.6 Å². The first kappa shape index (κ1) is 42.1. The monoisotopic (exact) mass is 850 g/mol. The zero-order chi connectivity index (χ0) is 42.5. The lowest BCUT2D eigenvalue weighted by molar-refractivity contribution is -0.353. The van der Waals surface area contributed by atoms with Gasteiger partial charge in [-0.25, -0.2) is 0 Å². The average Bonchev–Trinajstić information content (AvgIpc) is 3.52. The van der Waals surface area contributed by atoms with Crippen LogP contribution in [0.5, 0.6) is 0 Å². The largest absolute Gasteiger partial charge is 0.459 e. The molecule has 2 amide bonds. The predicted molar refractivity (Wildman–Crippen MR) is 215 cm³/mol. The van der Waals surface area contributed by atoms with Crippen molar-refractivity contribution in [2.45, 2.75) is 92.1 Å². The Balaban J connectivity index is 1.16. The van der Waals surface area contributed by atoms with E-state index in [-0.39, 0.29) is 30.9 Å². The number of hydrogen-bond acceptors (Lipinski definition) is 14. The molecule has 3 fully saturated rings. The van der Waals surface area contributed by atoms with Gasteiger partial charge >= 0.3 is 11.9 Å². The maximum atomic E-state index is 14.2. The van der Waals surface area contributed by atoms with Crippen LogP contribution in [0, 0.1) is 0 Å². The van der Waals surface area contributed by atoms with E-state index in [2.05, 4.69) is 10.0 Å². The van der Waals surface area contributed by atoms with Crippen molar-refractivity contribution in [1.29, 1.82) is 0 Å². The highest BCUT2D eigenvalue weighted by molar-refractivity contribution is 7.99. The molecule has 11 atom stereocenters. The SMILES string of the molecule is CC(=O)O[C@@H]1[C@@H](N=[N+]=[N-])[C@@H](Sc2ccccc2)O[C@H](CO[C@@H]2O[C@@H]3COC(c4ccccc4)O[C@H]3[C@H](OC(C)=O)[C@H]2N2C(=O)c3ccccc3C2=O)[C@H]1OCc1ccccc1. The Morgan fingerprint density at radius 1 is 0.770 bits per heavy atom. The number of esters is 2. The van der Waals surface area contributed by atoms with Crippen LogP contribution < -0.4 is 0 Å². The number of ether oxygens (including phenoxy) is 8. The summed E-state index contributed by atoms with van der Waals surface area (Å²) in [6.07, 6.45) is -8.83. The van der Waals surface area contributed by atoms with Gasteiger partial charge in [0.1, 0.15) is 48.0 Å². The quantitative estimate of drug-likeness (QED) is 0.0489. The number of hydrogen-bond donors (Lipinski definition) is 0. The molecule has 0 aliphatic carbocycles. The summed E-state index contributed by atoms with van der Waals surface area (Å²) in [6, 6.07) is 31.6. The molecule has 61 heavy (non-hydrogen) atoms. The predicted octanol–water partition coefficient (Wildman–Crippen LogP) is 6.15. The van der Waals surface area contributed by atoms with Crippen LogP contribution in [-0.4, -0.2) is 102 Å². The zero-order valence-electron chi connectivity index (χ0n) is 33.0. The fourth-order valence-corrected chi connectivity index (χ4v) is 9.10. The summed E-state index contributed by atoms with van der Waals surface area (Å²) in [6.45, 7) is 2.15. The van der Waals surface area contributed by atoms with Crippen molar-refractivity contribution >= 4 is 35.5 Å². The Bertz CT molecular complexity index is 2220. The molecule has 0 spiro atoms. The van der Waals surface area contributed by atoms with Gasteiger partial charge < -0.3 is 37.9 Å². The third-order valence-electron chi connectivity index (χ3n) is 10.6. The third kappa shape index (κ3) is 9.20. The summed E-state index contributed by atoms with van der Waals surface area (Å²) in [4.78, 5) is 58.9. The second-order valence-corrected chi connectivity index (χ2v) is 15.8. The topological polar surface area (TPSA) is 194 Å².